The van der Waals surface area contributed by atoms with E-state index in [-0.39, 0.29) is 12.5 Å². The van der Waals surface area contributed by atoms with Crippen LogP contribution in [0.4, 0.5) is 11.5 Å². The third kappa shape index (κ3) is 4.44. The summed E-state index contributed by atoms with van der Waals surface area (Å²) in [7, 11) is 1.59. The van der Waals surface area contributed by atoms with Gasteiger partial charge >= 0.3 is 0 Å². The van der Waals surface area contributed by atoms with Crippen molar-refractivity contribution in [2.45, 2.75) is 26.8 Å². The highest BCUT2D eigenvalue weighted by Crippen LogP contribution is 2.21. The van der Waals surface area contributed by atoms with E-state index in [1.54, 1.807) is 11.8 Å². The molecular weight excluding hydrogens is 246 g/mol. The number of hydrogen-bond acceptors (Lipinski definition) is 5. The van der Waals surface area contributed by atoms with Gasteiger partial charge in [-0.25, -0.2) is 4.68 Å². The molecule has 1 heterocycles. The fourth-order valence-corrected chi connectivity index (χ4v) is 1.67. The molecule has 0 fully saturated rings. The lowest BCUT2D eigenvalue weighted by Gasteiger charge is -2.10. The lowest BCUT2D eigenvalue weighted by molar-refractivity contribution is -0.119. The predicted octanol–water partition coefficient (Wildman–Crippen LogP) is 0.358. The molecule has 0 saturated carbocycles. The molecule has 0 unspecified atom stereocenters. The maximum Gasteiger partial charge on any atom is 0.239 e. The van der Waals surface area contributed by atoms with Crippen LogP contribution in [-0.4, -0.2) is 42.5 Å². The molecule has 1 rings (SSSR count). The van der Waals surface area contributed by atoms with E-state index in [1.165, 1.54) is 0 Å². The molecule has 0 aromatic carbocycles. The summed E-state index contributed by atoms with van der Waals surface area (Å²) in [6, 6.07) is 0. The summed E-state index contributed by atoms with van der Waals surface area (Å²) < 4.78 is 6.66. The third-order valence-corrected chi connectivity index (χ3v) is 2.65. The van der Waals surface area contributed by atoms with Crippen molar-refractivity contribution in [1.29, 1.82) is 0 Å². The normalized spacial score (nSPS) is 10.5. The summed E-state index contributed by atoms with van der Waals surface area (Å²) in [5.41, 5.74) is 7.31. The first-order chi connectivity index (χ1) is 9.10. The Morgan fingerprint density at radius 3 is 2.89 bits per heavy atom. The molecule has 1 aromatic rings. The SMILES string of the molecule is CCCn1nc(C)c(N)c1NCC(=O)NCCOC. The highest BCUT2D eigenvalue weighted by atomic mass is 16.5. The highest BCUT2D eigenvalue weighted by Gasteiger charge is 2.12. The Bertz CT molecular complexity index is 416. The number of ether oxygens (including phenoxy) is 1. The molecule has 0 aliphatic rings. The van der Waals surface area contributed by atoms with Crippen molar-refractivity contribution in [3.05, 3.63) is 5.69 Å². The van der Waals surface area contributed by atoms with E-state index in [4.69, 9.17) is 10.5 Å². The van der Waals surface area contributed by atoms with Gasteiger partial charge in [-0.05, 0) is 13.3 Å². The van der Waals surface area contributed by atoms with Gasteiger partial charge in [0, 0.05) is 20.2 Å². The van der Waals surface area contributed by atoms with E-state index >= 15 is 0 Å². The van der Waals surface area contributed by atoms with Gasteiger partial charge in [0.25, 0.3) is 0 Å². The number of carbonyl (C=O) groups excluding carboxylic acids is 1. The largest absolute Gasteiger partial charge is 0.394 e. The van der Waals surface area contributed by atoms with Gasteiger partial charge in [0.2, 0.25) is 5.91 Å². The molecule has 0 aliphatic heterocycles. The minimum absolute atomic E-state index is 0.0987. The Morgan fingerprint density at radius 1 is 1.53 bits per heavy atom. The first-order valence-electron chi connectivity index (χ1n) is 6.42. The smallest absolute Gasteiger partial charge is 0.239 e. The fraction of sp³-hybridized carbons (Fsp3) is 0.667. The van der Waals surface area contributed by atoms with Gasteiger partial charge in [-0.15, -0.1) is 0 Å². The zero-order valence-electron chi connectivity index (χ0n) is 11.8. The molecule has 19 heavy (non-hydrogen) atoms. The average Bonchev–Trinajstić information content (AvgIpc) is 2.64. The van der Waals surface area contributed by atoms with E-state index in [0.717, 1.165) is 18.7 Å². The van der Waals surface area contributed by atoms with E-state index < -0.39 is 0 Å². The van der Waals surface area contributed by atoms with Crippen molar-refractivity contribution in [2.75, 3.05) is 37.9 Å². The average molecular weight is 269 g/mol. The summed E-state index contributed by atoms with van der Waals surface area (Å²) >= 11 is 0. The molecule has 0 atom stereocenters. The second-order valence-corrected chi connectivity index (χ2v) is 4.27. The van der Waals surface area contributed by atoms with Crippen molar-refractivity contribution >= 4 is 17.4 Å². The standard InChI is InChI=1S/C12H23N5O2/c1-4-6-17-12(11(13)9(2)16-17)15-8-10(18)14-5-7-19-3/h15H,4-8,13H2,1-3H3,(H,14,18). The first-order valence-corrected chi connectivity index (χ1v) is 6.42. The molecule has 0 bridgehead atoms. The minimum atomic E-state index is -0.0987. The summed E-state index contributed by atoms with van der Waals surface area (Å²) in [4.78, 5) is 11.6. The van der Waals surface area contributed by atoms with Gasteiger partial charge in [-0.2, -0.15) is 5.10 Å². The fourth-order valence-electron chi connectivity index (χ4n) is 1.67. The van der Waals surface area contributed by atoms with E-state index in [2.05, 4.69) is 22.7 Å². The van der Waals surface area contributed by atoms with Crippen molar-refractivity contribution in [2.24, 2.45) is 0 Å². The number of nitrogens with zero attached hydrogens (tertiary/aromatic N) is 2. The Labute approximate surface area is 113 Å². The van der Waals surface area contributed by atoms with Crippen LogP contribution in [0.15, 0.2) is 0 Å². The molecule has 7 heteroatoms. The van der Waals surface area contributed by atoms with E-state index in [0.29, 0.717) is 24.7 Å². The molecule has 108 valence electrons. The van der Waals surface area contributed by atoms with Crippen molar-refractivity contribution in [3.8, 4) is 0 Å². The number of methoxy groups -OCH3 is 1. The maximum atomic E-state index is 11.6. The molecule has 0 spiro atoms. The second kappa shape index (κ2) is 7.63. The van der Waals surface area contributed by atoms with E-state index in [9.17, 15) is 4.79 Å². The van der Waals surface area contributed by atoms with Crippen LogP contribution in [0.25, 0.3) is 0 Å². The van der Waals surface area contributed by atoms with Gasteiger partial charge < -0.3 is 21.1 Å². The monoisotopic (exact) mass is 269 g/mol. The van der Waals surface area contributed by atoms with Crippen molar-refractivity contribution in [1.82, 2.24) is 15.1 Å². The minimum Gasteiger partial charge on any atom is -0.394 e. The van der Waals surface area contributed by atoms with Gasteiger partial charge in [-0.3, -0.25) is 4.79 Å². The van der Waals surface area contributed by atoms with Crippen LogP contribution in [0, 0.1) is 6.92 Å². The van der Waals surface area contributed by atoms with Crippen molar-refractivity contribution < 1.29 is 9.53 Å². The number of nitrogen functional groups attached to an aromatic ring is 1. The molecule has 7 nitrogen and oxygen atoms in total. The number of anilines is 2. The van der Waals surface area contributed by atoms with Gasteiger partial charge in [0.1, 0.15) is 5.82 Å². The maximum absolute atomic E-state index is 11.6. The molecule has 0 radical (unpaired) electrons. The topological polar surface area (TPSA) is 94.2 Å². The number of nitrogens with two attached hydrogens (primary N) is 1. The lowest BCUT2D eigenvalue weighted by Crippen LogP contribution is -2.32. The molecule has 1 amide bonds. The summed E-state index contributed by atoms with van der Waals surface area (Å²) in [6.07, 6.45) is 0.954. The van der Waals surface area contributed by atoms with Crippen LogP contribution in [0.1, 0.15) is 19.0 Å². The molecule has 0 aliphatic carbocycles. The summed E-state index contributed by atoms with van der Waals surface area (Å²) in [6.45, 7) is 5.86. The molecular formula is C12H23N5O2. The Hall–Kier alpha value is -1.76. The van der Waals surface area contributed by atoms with Crippen LogP contribution in [0.5, 0.6) is 0 Å². The van der Waals surface area contributed by atoms with Crippen LogP contribution in [0.2, 0.25) is 0 Å². The highest BCUT2D eigenvalue weighted by molar-refractivity contribution is 5.81. The van der Waals surface area contributed by atoms with Crippen LogP contribution >= 0.6 is 0 Å². The van der Waals surface area contributed by atoms with Crippen molar-refractivity contribution in [3.63, 3.8) is 0 Å². The number of hydrogen-bond donors (Lipinski definition) is 3. The van der Waals surface area contributed by atoms with Gasteiger partial charge in [0.15, 0.2) is 0 Å². The number of aryl methyl sites for hydroxylation is 2. The number of aromatic nitrogens is 2. The quantitative estimate of drug-likeness (QED) is 0.592. The Balaban J connectivity index is 2.54. The Morgan fingerprint density at radius 2 is 2.26 bits per heavy atom. The zero-order valence-corrected chi connectivity index (χ0v) is 11.8. The zero-order chi connectivity index (χ0) is 14.3. The predicted molar refractivity (Wildman–Crippen MR) is 75.0 cm³/mol. The molecule has 1 aromatic heterocycles. The number of carbonyl (C=O) groups is 1. The summed E-state index contributed by atoms with van der Waals surface area (Å²) in [5, 5.41) is 10.1. The van der Waals surface area contributed by atoms with Crippen LogP contribution in [-0.2, 0) is 16.1 Å². The van der Waals surface area contributed by atoms with Gasteiger partial charge in [0.05, 0.1) is 24.5 Å². The van der Waals surface area contributed by atoms with Crippen LogP contribution in [0.3, 0.4) is 0 Å². The number of amides is 1. The molecule has 0 saturated heterocycles. The second-order valence-electron chi connectivity index (χ2n) is 4.27. The lowest BCUT2D eigenvalue weighted by atomic mass is 10.4. The number of rotatable bonds is 8. The Kier molecular flexibility index (Phi) is 6.14. The third-order valence-electron chi connectivity index (χ3n) is 2.65. The van der Waals surface area contributed by atoms with E-state index in [1.807, 2.05) is 6.92 Å². The van der Waals surface area contributed by atoms with Crippen LogP contribution < -0.4 is 16.4 Å². The molecule has 4 N–H and O–H groups in total. The number of nitrogens with one attached hydrogen (secondary N) is 2. The van der Waals surface area contributed by atoms with Gasteiger partial charge in [-0.1, -0.05) is 6.92 Å². The summed E-state index contributed by atoms with van der Waals surface area (Å²) in [5.74, 6) is 0.611. The first kappa shape index (κ1) is 15.3.